The molecule has 134 valence electrons. The van der Waals surface area contributed by atoms with E-state index in [0.717, 1.165) is 16.9 Å². The van der Waals surface area contributed by atoms with Gasteiger partial charge in [0.1, 0.15) is 17.4 Å². The molecule has 2 aromatic rings. The third kappa shape index (κ3) is 5.65. The minimum absolute atomic E-state index is 0.00568. The molecule has 6 heteroatoms. The van der Waals surface area contributed by atoms with E-state index in [1.165, 1.54) is 6.20 Å². The molecule has 0 aliphatic heterocycles. The van der Waals surface area contributed by atoms with Crippen LogP contribution in [0.25, 0.3) is 0 Å². The van der Waals surface area contributed by atoms with E-state index in [-0.39, 0.29) is 5.57 Å². The summed E-state index contributed by atoms with van der Waals surface area (Å²) >= 11 is 0. The van der Waals surface area contributed by atoms with Crippen LogP contribution < -0.4 is 21.1 Å². The molecule has 2 aromatic carbocycles. The Morgan fingerprint density at radius 1 is 1.23 bits per heavy atom. The minimum atomic E-state index is -0.472. The van der Waals surface area contributed by atoms with Gasteiger partial charge in [-0.2, -0.15) is 5.26 Å². The zero-order valence-corrected chi connectivity index (χ0v) is 14.7. The van der Waals surface area contributed by atoms with E-state index in [1.807, 2.05) is 37.3 Å². The summed E-state index contributed by atoms with van der Waals surface area (Å²) in [5.74, 6) is 0.253. The van der Waals surface area contributed by atoms with Gasteiger partial charge in [-0.1, -0.05) is 24.3 Å². The lowest BCUT2D eigenvalue weighted by Crippen LogP contribution is -2.16. The van der Waals surface area contributed by atoms with Crippen LogP contribution in [0, 0.1) is 11.3 Å². The summed E-state index contributed by atoms with van der Waals surface area (Å²) in [6.45, 7) is 3.44. The Hall–Kier alpha value is -3.30. The third-order valence-corrected chi connectivity index (χ3v) is 3.57. The van der Waals surface area contributed by atoms with Crippen molar-refractivity contribution >= 4 is 11.6 Å². The SMILES string of the molecule is CCOc1ccc(NC(=O)/C(C#N)=C\NCc2cccc(CN)c2)cc1. The van der Waals surface area contributed by atoms with Crippen LogP contribution in [0.15, 0.2) is 60.3 Å². The van der Waals surface area contributed by atoms with Crippen LogP contribution in [0.5, 0.6) is 5.75 Å². The minimum Gasteiger partial charge on any atom is -0.494 e. The lowest BCUT2D eigenvalue weighted by molar-refractivity contribution is -0.112. The molecular weight excluding hydrogens is 328 g/mol. The average Bonchev–Trinajstić information content (AvgIpc) is 2.67. The maximum Gasteiger partial charge on any atom is 0.267 e. The number of hydrogen-bond donors (Lipinski definition) is 3. The Kier molecular flexibility index (Phi) is 7.22. The summed E-state index contributed by atoms with van der Waals surface area (Å²) in [6.07, 6.45) is 1.42. The summed E-state index contributed by atoms with van der Waals surface area (Å²) in [5, 5.41) is 14.9. The zero-order chi connectivity index (χ0) is 18.8. The van der Waals surface area contributed by atoms with Gasteiger partial charge in [0.05, 0.1) is 6.61 Å². The Labute approximate surface area is 153 Å². The number of ether oxygens (including phenoxy) is 1. The van der Waals surface area contributed by atoms with Crippen LogP contribution in [-0.2, 0) is 17.9 Å². The van der Waals surface area contributed by atoms with Crippen LogP contribution in [0.3, 0.4) is 0 Å². The number of carbonyl (C=O) groups excluding carboxylic acids is 1. The molecule has 0 bridgehead atoms. The van der Waals surface area contributed by atoms with E-state index in [1.54, 1.807) is 24.3 Å². The molecular formula is C20H22N4O2. The smallest absolute Gasteiger partial charge is 0.267 e. The van der Waals surface area contributed by atoms with Crippen molar-refractivity contribution in [2.24, 2.45) is 5.73 Å². The molecule has 0 aliphatic carbocycles. The topological polar surface area (TPSA) is 100 Å². The molecule has 0 spiro atoms. The van der Waals surface area contributed by atoms with E-state index in [2.05, 4.69) is 10.6 Å². The number of nitrogens with zero attached hydrogens (tertiary/aromatic N) is 1. The van der Waals surface area contributed by atoms with Crippen LogP contribution in [0.4, 0.5) is 5.69 Å². The van der Waals surface area contributed by atoms with E-state index in [9.17, 15) is 10.1 Å². The van der Waals surface area contributed by atoms with E-state index in [4.69, 9.17) is 10.5 Å². The lowest BCUT2D eigenvalue weighted by Gasteiger charge is -2.07. The molecule has 0 atom stereocenters. The third-order valence-electron chi connectivity index (χ3n) is 3.57. The summed E-state index contributed by atoms with van der Waals surface area (Å²) in [5.41, 5.74) is 8.26. The number of hydrogen-bond acceptors (Lipinski definition) is 5. The number of rotatable bonds is 8. The second kappa shape index (κ2) is 9.87. The lowest BCUT2D eigenvalue weighted by atomic mass is 10.1. The largest absolute Gasteiger partial charge is 0.494 e. The first-order chi connectivity index (χ1) is 12.7. The molecule has 2 rings (SSSR count). The van der Waals surface area contributed by atoms with Gasteiger partial charge in [-0.15, -0.1) is 0 Å². The molecule has 4 N–H and O–H groups in total. The standard InChI is InChI=1S/C20H22N4O2/c1-2-26-19-8-6-18(7-9-19)24-20(25)17(12-22)14-23-13-16-5-3-4-15(10-16)11-21/h3-10,14,23H,2,11,13,21H2,1H3,(H,24,25)/b17-14-. The molecule has 1 amide bonds. The molecule has 0 heterocycles. The van der Waals surface area contributed by atoms with Gasteiger partial charge >= 0.3 is 0 Å². The maximum atomic E-state index is 12.2. The maximum absolute atomic E-state index is 12.2. The molecule has 0 saturated carbocycles. The number of nitriles is 1. The molecule has 6 nitrogen and oxygen atoms in total. The summed E-state index contributed by atoms with van der Waals surface area (Å²) in [7, 11) is 0. The van der Waals surface area contributed by atoms with Crippen molar-refractivity contribution < 1.29 is 9.53 Å². The Morgan fingerprint density at radius 2 is 1.96 bits per heavy atom. The van der Waals surface area contributed by atoms with Gasteiger partial charge in [0.2, 0.25) is 0 Å². The highest BCUT2D eigenvalue weighted by Crippen LogP contribution is 2.16. The number of amides is 1. The molecule has 0 radical (unpaired) electrons. The second-order valence-corrected chi connectivity index (χ2v) is 5.49. The summed E-state index contributed by atoms with van der Waals surface area (Å²) in [4.78, 5) is 12.2. The van der Waals surface area contributed by atoms with Crippen molar-refractivity contribution in [3.8, 4) is 11.8 Å². The monoisotopic (exact) mass is 350 g/mol. The fourth-order valence-corrected chi connectivity index (χ4v) is 2.29. The van der Waals surface area contributed by atoms with Crippen LogP contribution in [-0.4, -0.2) is 12.5 Å². The van der Waals surface area contributed by atoms with Gasteiger partial charge in [0, 0.05) is 25.0 Å². The number of benzene rings is 2. The van der Waals surface area contributed by atoms with Crippen LogP contribution in [0.1, 0.15) is 18.1 Å². The van der Waals surface area contributed by atoms with Crippen molar-refractivity contribution in [3.05, 3.63) is 71.4 Å². The Morgan fingerprint density at radius 3 is 2.62 bits per heavy atom. The van der Waals surface area contributed by atoms with E-state index in [0.29, 0.717) is 25.4 Å². The van der Waals surface area contributed by atoms with Gasteiger partial charge < -0.3 is 21.1 Å². The van der Waals surface area contributed by atoms with Gasteiger partial charge in [0.25, 0.3) is 5.91 Å². The quantitative estimate of drug-likeness (QED) is 0.502. The summed E-state index contributed by atoms with van der Waals surface area (Å²) < 4.78 is 5.35. The fraction of sp³-hybridized carbons (Fsp3) is 0.200. The Balaban J connectivity index is 1.94. The predicted octanol–water partition coefficient (Wildman–Crippen LogP) is 2.68. The highest BCUT2D eigenvalue weighted by molar-refractivity contribution is 6.06. The molecule has 0 aliphatic rings. The molecule has 0 unspecified atom stereocenters. The average molecular weight is 350 g/mol. The first-order valence-corrected chi connectivity index (χ1v) is 8.32. The Bertz CT molecular complexity index is 807. The molecule has 0 aromatic heterocycles. The van der Waals surface area contributed by atoms with Crippen molar-refractivity contribution in [3.63, 3.8) is 0 Å². The number of nitrogens with one attached hydrogen (secondary N) is 2. The van der Waals surface area contributed by atoms with Crippen molar-refractivity contribution in [2.75, 3.05) is 11.9 Å². The van der Waals surface area contributed by atoms with Crippen molar-refractivity contribution in [2.45, 2.75) is 20.0 Å². The number of nitrogens with two attached hydrogens (primary N) is 1. The number of carbonyl (C=O) groups is 1. The van der Waals surface area contributed by atoms with E-state index >= 15 is 0 Å². The van der Waals surface area contributed by atoms with E-state index < -0.39 is 5.91 Å². The first kappa shape index (κ1) is 19.0. The summed E-state index contributed by atoms with van der Waals surface area (Å²) in [6, 6.07) is 16.7. The first-order valence-electron chi connectivity index (χ1n) is 8.32. The molecule has 26 heavy (non-hydrogen) atoms. The van der Waals surface area contributed by atoms with Gasteiger partial charge in [0.15, 0.2) is 0 Å². The zero-order valence-electron chi connectivity index (χ0n) is 14.7. The van der Waals surface area contributed by atoms with Gasteiger partial charge in [-0.3, -0.25) is 4.79 Å². The number of anilines is 1. The van der Waals surface area contributed by atoms with Gasteiger partial charge in [-0.05, 0) is 42.3 Å². The fourth-order valence-electron chi connectivity index (χ4n) is 2.29. The normalized spacial score (nSPS) is 10.7. The van der Waals surface area contributed by atoms with Gasteiger partial charge in [-0.25, -0.2) is 0 Å². The van der Waals surface area contributed by atoms with Crippen molar-refractivity contribution in [1.82, 2.24) is 5.32 Å². The highest BCUT2D eigenvalue weighted by Gasteiger charge is 2.09. The van der Waals surface area contributed by atoms with Crippen LogP contribution >= 0.6 is 0 Å². The highest BCUT2D eigenvalue weighted by atomic mass is 16.5. The molecule has 0 saturated heterocycles. The predicted molar refractivity (Wildman–Crippen MR) is 101 cm³/mol. The van der Waals surface area contributed by atoms with Crippen molar-refractivity contribution in [1.29, 1.82) is 5.26 Å². The second-order valence-electron chi connectivity index (χ2n) is 5.49. The molecule has 0 fully saturated rings. The van der Waals surface area contributed by atoms with Crippen LogP contribution in [0.2, 0.25) is 0 Å².